The SMILES string of the molecule is CC(NC(=O)C1CCCCN1C(=O)C1CCCN1C(=O)CCOC=O)C(=O)N1C[C@H](C)CC1C. The van der Waals surface area contributed by atoms with Crippen LogP contribution in [0.5, 0.6) is 0 Å². The van der Waals surface area contributed by atoms with Crippen molar-refractivity contribution in [1.29, 1.82) is 0 Å². The molecule has 3 saturated heterocycles. The van der Waals surface area contributed by atoms with Gasteiger partial charge in [-0.2, -0.15) is 0 Å². The highest BCUT2D eigenvalue weighted by molar-refractivity contribution is 5.94. The molecule has 0 spiro atoms. The first-order valence-corrected chi connectivity index (χ1v) is 12.5. The second-order valence-corrected chi connectivity index (χ2v) is 9.92. The summed E-state index contributed by atoms with van der Waals surface area (Å²) in [7, 11) is 0. The van der Waals surface area contributed by atoms with Crippen LogP contribution in [-0.4, -0.2) is 95.2 Å². The molecular formula is C24H38N4O6. The van der Waals surface area contributed by atoms with Gasteiger partial charge in [-0.1, -0.05) is 6.92 Å². The van der Waals surface area contributed by atoms with Crippen LogP contribution in [0, 0.1) is 5.92 Å². The van der Waals surface area contributed by atoms with Gasteiger partial charge >= 0.3 is 0 Å². The van der Waals surface area contributed by atoms with Crippen molar-refractivity contribution < 1.29 is 28.7 Å². The fourth-order valence-electron chi connectivity index (χ4n) is 5.55. The molecule has 4 amide bonds. The average Bonchev–Trinajstić information content (AvgIpc) is 3.44. The van der Waals surface area contributed by atoms with Gasteiger partial charge in [0.25, 0.3) is 6.47 Å². The van der Waals surface area contributed by atoms with Crippen molar-refractivity contribution in [3.8, 4) is 0 Å². The largest absolute Gasteiger partial charge is 0.467 e. The number of nitrogens with one attached hydrogen (secondary N) is 1. The number of likely N-dealkylation sites (tertiary alicyclic amines) is 3. The topological polar surface area (TPSA) is 116 Å². The molecule has 1 N–H and O–H groups in total. The van der Waals surface area contributed by atoms with Crippen molar-refractivity contribution in [2.24, 2.45) is 5.92 Å². The maximum Gasteiger partial charge on any atom is 0.293 e. The lowest BCUT2D eigenvalue weighted by atomic mass is 9.99. The van der Waals surface area contributed by atoms with E-state index in [-0.39, 0.29) is 42.7 Å². The van der Waals surface area contributed by atoms with Crippen molar-refractivity contribution in [1.82, 2.24) is 20.0 Å². The van der Waals surface area contributed by atoms with Crippen LogP contribution in [0.4, 0.5) is 0 Å². The Hall–Kier alpha value is -2.65. The summed E-state index contributed by atoms with van der Waals surface area (Å²) in [4.78, 5) is 67.4. The monoisotopic (exact) mass is 478 g/mol. The summed E-state index contributed by atoms with van der Waals surface area (Å²) in [6.45, 7) is 7.73. The predicted molar refractivity (Wildman–Crippen MR) is 123 cm³/mol. The lowest BCUT2D eigenvalue weighted by Gasteiger charge is -2.38. The molecule has 0 saturated carbocycles. The lowest BCUT2D eigenvalue weighted by molar-refractivity contribution is -0.150. The highest BCUT2D eigenvalue weighted by Gasteiger charge is 2.41. The third-order valence-electron chi connectivity index (χ3n) is 7.24. The zero-order chi connectivity index (χ0) is 24.8. The smallest absolute Gasteiger partial charge is 0.293 e. The molecule has 0 aromatic rings. The third-order valence-corrected chi connectivity index (χ3v) is 7.24. The van der Waals surface area contributed by atoms with Crippen molar-refractivity contribution in [3.05, 3.63) is 0 Å². The predicted octanol–water partition coefficient (Wildman–Crippen LogP) is 0.683. The van der Waals surface area contributed by atoms with Crippen LogP contribution in [0.25, 0.3) is 0 Å². The van der Waals surface area contributed by atoms with Gasteiger partial charge in [0.15, 0.2) is 0 Å². The van der Waals surface area contributed by atoms with Gasteiger partial charge in [-0.3, -0.25) is 24.0 Å². The Morgan fingerprint density at radius 2 is 1.71 bits per heavy atom. The summed E-state index contributed by atoms with van der Waals surface area (Å²) >= 11 is 0. The van der Waals surface area contributed by atoms with Gasteiger partial charge in [-0.25, -0.2) is 0 Å². The van der Waals surface area contributed by atoms with Crippen LogP contribution in [-0.2, 0) is 28.7 Å². The van der Waals surface area contributed by atoms with Gasteiger partial charge < -0.3 is 24.8 Å². The number of carbonyl (C=O) groups is 5. The summed E-state index contributed by atoms with van der Waals surface area (Å²) in [5, 5.41) is 2.85. The Labute approximate surface area is 201 Å². The number of piperidine rings is 1. The highest BCUT2D eigenvalue weighted by atomic mass is 16.5. The van der Waals surface area contributed by atoms with E-state index in [0.29, 0.717) is 51.3 Å². The summed E-state index contributed by atoms with van der Waals surface area (Å²) in [5.74, 6) is -0.421. The molecular weight excluding hydrogens is 440 g/mol. The van der Waals surface area contributed by atoms with Crippen molar-refractivity contribution in [2.45, 2.75) is 89.9 Å². The zero-order valence-electron chi connectivity index (χ0n) is 20.5. The van der Waals surface area contributed by atoms with E-state index in [2.05, 4.69) is 17.0 Å². The van der Waals surface area contributed by atoms with Gasteiger partial charge in [0.05, 0.1) is 13.0 Å². The minimum atomic E-state index is -0.665. The maximum atomic E-state index is 13.5. The Morgan fingerprint density at radius 1 is 1.00 bits per heavy atom. The summed E-state index contributed by atoms with van der Waals surface area (Å²) in [6.07, 6.45) is 4.38. The molecule has 0 radical (unpaired) electrons. The summed E-state index contributed by atoms with van der Waals surface area (Å²) in [6, 6.07) is -1.77. The van der Waals surface area contributed by atoms with Gasteiger partial charge in [0, 0.05) is 25.7 Å². The molecule has 190 valence electrons. The Kier molecular flexibility index (Phi) is 8.90. The van der Waals surface area contributed by atoms with E-state index < -0.39 is 18.1 Å². The first-order chi connectivity index (χ1) is 16.2. The van der Waals surface area contributed by atoms with E-state index in [4.69, 9.17) is 0 Å². The van der Waals surface area contributed by atoms with E-state index in [1.807, 2.05) is 11.8 Å². The molecule has 10 heteroatoms. The van der Waals surface area contributed by atoms with E-state index in [9.17, 15) is 24.0 Å². The van der Waals surface area contributed by atoms with Gasteiger partial charge in [-0.15, -0.1) is 0 Å². The number of nitrogens with zero attached hydrogens (tertiary/aromatic N) is 3. The molecule has 3 fully saturated rings. The number of amides is 4. The molecule has 0 aromatic heterocycles. The van der Waals surface area contributed by atoms with Crippen LogP contribution >= 0.6 is 0 Å². The molecule has 4 unspecified atom stereocenters. The van der Waals surface area contributed by atoms with Gasteiger partial charge in [0.2, 0.25) is 23.6 Å². The van der Waals surface area contributed by atoms with Crippen LogP contribution in [0.3, 0.4) is 0 Å². The molecule has 3 aliphatic rings. The number of carbonyl (C=O) groups excluding carboxylic acids is 5. The van der Waals surface area contributed by atoms with E-state index in [1.54, 1.807) is 16.7 Å². The van der Waals surface area contributed by atoms with Crippen molar-refractivity contribution in [3.63, 3.8) is 0 Å². The van der Waals surface area contributed by atoms with Crippen LogP contribution < -0.4 is 5.32 Å². The maximum absolute atomic E-state index is 13.5. The number of rotatable bonds is 8. The van der Waals surface area contributed by atoms with Crippen molar-refractivity contribution >= 4 is 30.1 Å². The minimum absolute atomic E-state index is 0.0190. The molecule has 3 aliphatic heterocycles. The Bertz CT molecular complexity index is 789. The van der Waals surface area contributed by atoms with Crippen LogP contribution in [0.2, 0.25) is 0 Å². The average molecular weight is 479 g/mol. The Morgan fingerprint density at radius 3 is 2.38 bits per heavy atom. The molecule has 0 bridgehead atoms. The molecule has 34 heavy (non-hydrogen) atoms. The Balaban J connectivity index is 1.63. The summed E-state index contributed by atoms with van der Waals surface area (Å²) in [5.41, 5.74) is 0. The highest BCUT2D eigenvalue weighted by Crippen LogP contribution is 2.26. The molecule has 3 rings (SSSR count). The lowest BCUT2D eigenvalue weighted by Crippen LogP contribution is -2.59. The third kappa shape index (κ3) is 5.88. The second-order valence-electron chi connectivity index (χ2n) is 9.92. The van der Waals surface area contributed by atoms with E-state index in [0.717, 1.165) is 19.3 Å². The number of ether oxygens (including phenoxy) is 1. The number of hydrogen-bond acceptors (Lipinski definition) is 6. The molecule has 10 nitrogen and oxygen atoms in total. The summed E-state index contributed by atoms with van der Waals surface area (Å²) < 4.78 is 4.62. The van der Waals surface area contributed by atoms with E-state index in [1.165, 1.54) is 0 Å². The molecule has 5 atom stereocenters. The number of hydrogen-bond donors (Lipinski definition) is 1. The molecule has 3 heterocycles. The van der Waals surface area contributed by atoms with Gasteiger partial charge in [0.1, 0.15) is 18.1 Å². The first-order valence-electron chi connectivity index (χ1n) is 12.5. The fourth-order valence-corrected chi connectivity index (χ4v) is 5.55. The normalized spacial score (nSPS) is 27.9. The molecule has 0 aliphatic carbocycles. The van der Waals surface area contributed by atoms with Crippen LogP contribution in [0.15, 0.2) is 0 Å². The van der Waals surface area contributed by atoms with E-state index >= 15 is 0 Å². The standard InChI is InChI=1S/C24H38N4O6/c1-16-13-17(2)28(14-16)23(32)18(3)25-22(31)19-7-4-5-10-27(19)24(33)20-8-6-11-26(20)21(30)9-12-34-15-29/h15-20H,4-14H2,1-3H3,(H,25,31)/t16-,17?,18?,19?,20?/m1/s1. The quantitative estimate of drug-likeness (QED) is 0.405. The van der Waals surface area contributed by atoms with Crippen molar-refractivity contribution in [2.75, 3.05) is 26.2 Å². The first kappa shape index (κ1) is 26.0. The zero-order valence-corrected chi connectivity index (χ0v) is 20.5. The van der Waals surface area contributed by atoms with Gasteiger partial charge in [-0.05, 0) is 58.3 Å². The fraction of sp³-hybridized carbons (Fsp3) is 0.792. The molecule has 0 aromatic carbocycles. The second kappa shape index (κ2) is 11.7. The van der Waals surface area contributed by atoms with Crippen LogP contribution in [0.1, 0.15) is 65.7 Å². The minimum Gasteiger partial charge on any atom is -0.467 e.